The fourth-order valence-corrected chi connectivity index (χ4v) is 5.01. The molecule has 1 heterocycles. The molecule has 0 bridgehead atoms. The summed E-state index contributed by atoms with van der Waals surface area (Å²) in [7, 11) is 0. The molecule has 0 aromatic heterocycles. The number of ether oxygens (including phenoxy) is 1. The maximum absolute atomic E-state index is 14.0. The van der Waals surface area contributed by atoms with Crippen LogP contribution in [0.3, 0.4) is 0 Å². The van der Waals surface area contributed by atoms with E-state index in [1.54, 1.807) is 12.1 Å². The zero-order valence-electron chi connectivity index (χ0n) is 19.5. The van der Waals surface area contributed by atoms with Crippen molar-refractivity contribution < 1.29 is 13.9 Å². The second-order valence-electron chi connectivity index (χ2n) is 9.75. The first-order valence-electron chi connectivity index (χ1n) is 12.4. The molecule has 1 aliphatic carbocycles. The first-order valence-corrected chi connectivity index (χ1v) is 12.4. The van der Waals surface area contributed by atoms with E-state index in [4.69, 9.17) is 4.74 Å². The van der Waals surface area contributed by atoms with Gasteiger partial charge < -0.3 is 9.64 Å². The number of hydrogen-bond donors (Lipinski definition) is 0. The Morgan fingerprint density at radius 2 is 1.68 bits per heavy atom. The lowest BCUT2D eigenvalue weighted by molar-refractivity contribution is -0.125. The number of anilines is 1. The van der Waals surface area contributed by atoms with Crippen molar-refractivity contribution in [3.05, 3.63) is 30.1 Å². The SMILES string of the molecule is CC(C)OCC(=O)CCC[C@H]1CC[C@H](CCN2CCN(c3ccccc3F)CC2)CC1. The van der Waals surface area contributed by atoms with Crippen LogP contribution in [0.2, 0.25) is 0 Å². The molecule has 1 saturated carbocycles. The third kappa shape index (κ3) is 8.19. The van der Waals surface area contributed by atoms with Crippen LogP contribution in [0.5, 0.6) is 0 Å². The van der Waals surface area contributed by atoms with Crippen LogP contribution < -0.4 is 4.90 Å². The summed E-state index contributed by atoms with van der Waals surface area (Å²) < 4.78 is 19.4. The average molecular weight is 433 g/mol. The largest absolute Gasteiger partial charge is 0.371 e. The minimum absolute atomic E-state index is 0.110. The van der Waals surface area contributed by atoms with Crippen molar-refractivity contribution in [2.24, 2.45) is 11.8 Å². The summed E-state index contributed by atoms with van der Waals surface area (Å²) in [5, 5.41) is 0. The van der Waals surface area contributed by atoms with Crippen LogP contribution in [-0.4, -0.2) is 56.1 Å². The molecule has 1 aromatic carbocycles. The maximum Gasteiger partial charge on any atom is 0.158 e. The quantitative estimate of drug-likeness (QED) is 0.474. The number of para-hydroxylation sites is 1. The molecule has 0 unspecified atom stereocenters. The maximum atomic E-state index is 14.0. The monoisotopic (exact) mass is 432 g/mol. The number of ketones is 1. The van der Waals surface area contributed by atoms with Crippen molar-refractivity contribution in [3.63, 3.8) is 0 Å². The summed E-state index contributed by atoms with van der Waals surface area (Å²) in [6, 6.07) is 7.11. The molecule has 0 N–H and O–H groups in total. The summed E-state index contributed by atoms with van der Waals surface area (Å²) in [4.78, 5) is 16.6. The van der Waals surface area contributed by atoms with Crippen molar-refractivity contribution in [2.75, 3.05) is 44.2 Å². The number of carbonyl (C=O) groups is 1. The number of nitrogens with zero attached hydrogens (tertiary/aromatic N) is 2. The molecule has 4 nitrogen and oxygen atoms in total. The van der Waals surface area contributed by atoms with Gasteiger partial charge in [0.2, 0.25) is 0 Å². The summed E-state index contributed by atoms with van der Waals surface area (Å²) in [6.45, 7) is 9.26. The van der Waals surface area contributed by atoms with Crippen molar-refractivity contribution >= 4 is 11.5 Å². The van der Waals surface area contributed by atoms with Gasteiger partial charge in [-0.2, -0.15) is 0 Å². The predicted molar refractivity (Wildman–Crippen MR) is 125 cm³/mol. The first kappa shape index (κ1) is 24.2. The van der Waals surface area contributed by atoms with Crippen molar-refractivity contribution in [2.45, 2.75) is 71.3 Å². The number of benzene rings is 1. The molecule has 1 aromatic rings. The highest BCUT2D eigenvalue weighted by molar-refractivity contribution is 5.79. The Kier molecular flexibility index (Phi) is 9.79. The van der Waals surface area contributed by atoms with E-state index >= 15 is 0 Å². The molecule has 5 heteroatoms. The molecule has 3 rings (SSSR count). The Hall–Kier alpha value is -1.46. The predicted octanol–water partition coefficient (Wildman–Crippen LogP) is 5.31. The number of carbonyl (C=O) groups excluding carboxylic acids is 1. The Labute approximate surface area is 188 Å². The molecule has 1 aliphatic heterocycles. The minimum Gasteiger partial charge on any atom is -0.371 e. The van der Waals surface area contributed by atoms with Gasteiger partial charge in [-0.15, -0.1) is 0 Å². The molecule has 2 fully saturated rings. The molecule has 31 heavy (non-hydrogen) atoms. The van der Waals surface area contributed by atoms with Gasteiger partial charge in [0.25, 0.3) is 0 Å². The number of rotatable bonds is 11. The minimum atomic E-state index is -0.110. The van der Waals surface area contributed by atoms with Crippen LogP contribution >= 0.6 is 0 Å². The summed E-state index contributed by atoms with van der Waals surface area (Å²) in [5.41, 5.74) is 0.745. The molecular weight excluding hydrogens is 391 g/mol. The third-order valence-corrected chi connectivity index (χ3v) is 7.03. The molecular formula is C26H41FN2O2. The summed E-state index contributed by atoms with van der Waals surface area (Å²) in [5.74, 6) is 1.79. The van der Waals surface area contributed by atoms with Gasteiger partial charge in [0.15, 0.2) is 5.78 Å². The molecule has 0 spiro atoms. The third-order valence-electron chi connectivity index (χ3n) is 7.03. The number of piperazine rings is 1. The van der Waals surface area contributed by atoms with Gasteiger partial charge in [-0.25, -0.2) is 4.39 Å². The smallest absolute Gasteiger partial charge is 0.158 e. The second-order valence-corrected chi connectivity index (χ2v) is 9.75. The van der Waals surface area contributed by atoms with Crippen LogP contribution in [0.15, 0.2) is 24.3 Å². The van der Waals surface area contributed by atoms with Crippen molar-refractivity contribution in [1.82, 2.24) is 4.90 Å². The second kappa shape index (κ2) is 12.5. The molecule has 0 radical (unpaired) electrons. The number of hydrogen-bond acceptors (Lipinski definition) is 4. The number of Topliss-reactive ketones (excluding diaryl/α,β-unsaturated/α-hetero) is 1. The standard InChI is InChI=1S/C26H41FN2O2/c1-21(2)31-20-24(30)7-5-6-22-10-12-23(13-11-22)14-15-28-16-18-29(19-17-28)26-9-4-3-8-25(26)27/h3-4,8-9,21-23H,5-7,10-20H2,1-2H3/t22-,23-. The van der Waals surface area contributed by atoms with Crippen LogP contribution in [0.4, 0.5) is 10.1 Å². The highest BCUT2D eigenvalue weighted by Crippen LogP contribution is 2.33. The van der Waals surface area contributed by atoms with E-state index in [1.165, 1.54) is 45.1 Å². The van der Waals surface area contributed by atoms with Gasteiger partial charge in [-0.3, -0.25) is 9.69 Å². The fourth-order valence-electron chi connectivity index (χ4n) is 5.01. The molecule has 0 amide bonds. The lowest BCUT2D eigenvalue weighted by atomic mass is 9.78. The van der Waals surface area contributed by atoms with E-state index in [9.17, 15) is 9.18 Å². The van der Waals surface area contributed by atoms with Crippen LogP contribution in [-0.2, 0) is 9.53 Å². The Bertz CT molecular complexity index is 665. The van der Waals surface area contributed by atoms with Gasteiger partial charge in [0.1, 0.15) is 12.4 Å². The lowest BCUT2D eigenvalue weighted by Gasteiger charge is -2.37. The molecule has 1 saturated heterocycles. The first-order chi connectivity index (χ1) is 15.0. The Balaban J connectivity index is 1.25. The van der Waals surface area contributed by atoms with Gasteiger partial charge >= 0.3 is 0 Å². The lowest BCUT2D eigenvalue weighted by Crippen LogP contribution is -2.47. The van der Waals surface area contributed by atoms with E-state index < -0.39 is 0 Å². The topological polar surface area (TPSA) is 32.8 Å². The van der Waals surface area contributed by atoms with E-state index in [0.29, 0.717) is 6.42 Å². The molecule has 0 atom stereocenters. The van der Waals surface area contributed by atoms with E-state index in [2.05, 4.69) is 9.80 Å². The number of halogens is 1. The van der Waals surface area contributed by atoms with Crippen molar-refractivity contribution in [1.29, 1.82) is 0 Å². The molecule has 174 valence electrons. The normalized spacial score (nSPS) is 22.8. The molecule has 2 aliphatic rings. The Morgan fingerprint density at radius 1 is 1.03 bits per heavy atom. The highest BCUT2D eigenvalue weighted by atomic mass is 19.1. The highest BCUT2D eigenvalue weighted by Gasteiger charge is 2.23. The van der Waals surface area contributed by atoms with E-state index in [0.717, 1.165) is 50.1 Å². The van der Waals surface area contributed by atoms with Gasteiger partial charge in [-0.05, 0) is 57.2 Å². The zero-order valence-corrected chi connectivity index (χ0v) is 19.5. The van der Waals surface area contributed by atoms with Gasteiger partial charge in [-0.1, -0.05) is 44.2 Å². The van der Waals surface area contributed by atoms with E-state index in [-0.39, 0.29) is 24.3 Å². The fraction of sp³-hybridized carbons (Fsp3) is 0.731. The summed E-state index contributed by atoms with van der Waals surface area (Å²) in [6.07, 6.45) is 9.62. The Morgan fingerprint density at radius 3 is 2.32 bits per heavy atom. The van der Waals surface area contributed by atoms with Gasteiger partial charge in [0, 0.05) is 32.6 Å². The van der Waals surface area contributed by atoms with E-state index in [1.807, 2.05) is 26.0 Å². The average Bonchev–Trinajstić information content (AvgIpc) is 2.78. The van der Waals surface area contributed by atoms with Crippen LogP contribution in [0.1, 0.15) is 65.2 Å². The van der Waals surface area contributed by atoms with Crippen molar-refractivity contribution in [3.8, 4) is 0 Å². The van der Waals surface area contributed by atoms with Gasteiger partial charge in [0.05, 0.1) is 11.8 Å². The summed E-state index contributed by atoms with van der Waals surface area (Å²) >= 11 is 0. The van der Waals surface area contributed by atoms with Crippen LogP contribution in [0.25, 0.3) is 0 Å². The zero-order chi connectivity index (χ0) is 22.1. The van der Waals surface area contributed by atoms with Crippen LogP contribution in [0, 0.1) is 17.7 Å².